The van der Waals surface area contributed by atoms with E-state index in [-0.39, 0.29) is 11.9 Å². The van der Waals surface area contributed by atoms with Crippen LogP contribution in [0.5, 0.6) is 0 Å². The van der Waals surface area contributed by atoms with E-state index < -0.39 is 0 Å². The number of carbonyl (C=O) groups excluding carboxylic acids is 1. The number of hydrogen-bond acceptors (Lipinski definition) is 4. The molecule has 0 radical (unpaired) electrons. The molecule has 4 nitrogen and oxygen atoms in total. The number of β-amino-alcohol motifs (C(OH)–C–C–N with tert-alkyl or cyclic N) is 1. The van der Waals surface area contributed by atoms with Gasteiger partial charge in [-0.15, -0.1) is 0 Å². The van der Waals surface area contributed by atoms with Crippen molar-refractivity contribution < 1.29 is 9.90 Å². The lowest BCUT2D eigenvalue weighted by Gasteiger charge is -2.12. The number of aliphatic hydroxyl groups excluding tert-OH is 1. The van der Waals surface area contributed by atoms with Crippen molar-refractivity contribution in [3.8, 4) is 0 Å². The molecule has 1 fully saturated rings. The summed E-state index contributed by atoms with van der Waals surface area (Å²) in [7, 11) is 0. The quantitative estimate of drug-likeness (QED) is 0.724. The van der Waals surface area contributed by atoms with E-state index in [1.54, 1.807) is 24.4 Å². The van der Waals surface area contributed by atoms with E-state index in [4.69, 9.17) is 0 Å². The maximum atomic E-state index is 11.7. The number of aliphatic hydroxyl groups is 1. The second kappa shape index (κ2) is 4.51. The Labute approximate surface area is 88.6 Å². The summed E-state index contributed by atoms with van der Waals surface area (Å²) in [6.45, 7) is 1.74. The molecule has 1 aromatic heterocycles. The SMILES string of the molecule is O=C(CN1CC[C@H](O)C1)c1ccccn1. The van der Waals surface area contributed by atoms with Gasteiger partial charge in [-0.3, -0.25) is 14.7 Å². The molecule has 1 atom stereocenters. The maximum absolute atomic E-state index is 11.7. The van der Waals surface area contributed by atoms with Gasteiger partial charge in [-0.05, 0) is 18.6 Å². The highest BCUT2D eigenvalue weighted by atomic mass is 16.3. The Bertz CT molecular complexity index is 340. The van der Waals surface area contributed by atoms with Gasteiger partial charge in [-0.25, -0.2) is 0 Å². The molecular weight excluding hydrogens is 192 g/mol. The third-order valence-corrected chi connectivity index (χ3v) is 2.57. The van der Waals surface area contributed by atoms with E-state index in [9.17, 15) is 9.90 Å². The highest BCUT2D eigenvalue weighted by molar-refractivity contribution is 5.95. The average molecular weight is 206 g/mol. The lowest BCUT2D eigenvalue weighted by Crippen LogP contribution is -2.29. The fourth-order valence-electron chi connectivity index (χ4n) is 1.77. The minimum absolute atomic E-state index is 0.0182. The summed E-state index contributed by atoms with van der Waals surface area (Å²) in [6.07, 6.45) is 2.10. The number of pyridine rings is 1. The van der Waals surface area contributed by atoms with Crippen LogP contribution in [0.1, 0.15) is 16.9 Å². The Balaban J connectivity index is 1.93. The summed E-state index contributed by atoms with van der Waals surface area (Å²) in [6, 6.07) is 5.31. The predicted octanol–water partition coefficient (Wildman–Crippen LogP) is 0.331. The summed E-state index contributed by atoms with van der Waals surface area (Å²) in [5, 5.41) is 9.31. The second-order valence-corrected chi connectivity index (χ2v) is 3.82. The molecule has 1 saturated heterocycles. The Morgan fingerprint density at radius 3 is 3.07 bits per heavy atom. The molecule has 1 aliphatic rings. The van der Waals surface area contributed by atoms with Gasteiger partial charge in [0.2, 0.25) is 0 Å². The minimum Gasteiger partial charge on any atom is -0.392 e. The molecule has 4 heteroatoms. The number of rotatable bonds is 3. The fraction of sp³-hybridized carbons (Fsp3) is 0.455. The molecular formula is C11H14N2O2. The largest absolute Gasteiger partial charge is 0.392 e. The minimum atomic E-state index is -0.276. The van der Waals surface area contributed by atoms with Crippen LogP contribution in [0, 0.1) is 0 Å². The van der Waals surface area contributed by atoms with E-state index in [2.05, 4.69) is 4.98 Å². The number of aromatic nitrogens is 1. The average Bonchev–Trinajstić information content (AvgIpc) is 2.65. The van der Waals surface area contributed by atoms with Gasteiger partial charge < -0.3 is 5.11 Å². The zero-order valence-corrected chi connectivity index (χ0v) is 8.47. The van der Waals surface area contributed by atoms with Crippen LogP contribution in [-0.4, -0.2) is 46.5 Å². The standard InChI is InChI=1S/C11H14N2O2/c14-9-4-6-13(7-9)8-11(15)10-3-1-2-5-12-10/h1-3,5,9,14H,4,6-8H2/t9-/m0/s1. The lowest BCUT2D eigenvalue weighted by molar-refractivity contribution is 0.0930. The molecule has 1 aliphatic heterocycles. The van der Waals surface area contributed by atoms with Crippen molar-refractivity contribution in [2.24, 2.45) is 0 Å². The Hall–Kier alpha value is -1.26. The summed E-state index contributed by atoms with van der Waals surface area (Å²) in [4.78, 5) is 17.7. The molecule has 0 saturated carbocycles. The molecule has 2 rings (SSSR count). The lowest BCUT2D eigenvalue weighted by atomic mass is 10.2. The molecule has 0 aromatic carbocycles. The Morgan fingerprint density at radius 1 is 1.60 bits per heavy atom. The zero-order valence-electron chi connectivity index (χ0n) is 8.47. The summed E-state index contributed by atoms with van der Waals surface area (Å²) in [5.41, 5.74) is 0.499. The maximum Gasteiger partial charge on any atom is 0.195 e. The van der Waals surface area contributed by atoms with Crippen LogP contribution in [0.3, 0.4) is 0 Å². The van der Waals surface area contributed by atoms with Crippen LogP contribution in [0.4, 0.5) is 0 Å². The number of ketones is 1. The van der Waals surface area contributed by atoms with Crippen molar-refractivity contribution in [2.75, 3.05) is 19.6 Å². The van der Waals surface area contributed by atoms with Crippen LogP contribution in [0.25, 0.3) is 0 Å². The molecule has 1 N–H and O–H groups in total. The topological polar surface area (TPSA) is 53.4 Å². The zero-order chi connectivity index (χ0) is 10.7. The van der Waals surface area contributed by atoms with Crippen molar-refractivity contribution in [2.45, 2.75) is 12.5 Å². The van der Waals surface area contributed by atoms with Crippen LogP contribution in [0.2, 0.25) is 0 Å². The third kappa shape index (κ3) is 2.61. The van der Waals surface area contributed by atoms with E-state index in [1.165, 1.54) is 0 Å². The first-order valence-electron chi connectivity index (χ1n) is 5.10. The number of hydrogen-bond donors (Lipinski definition) is 1. The van der Waals surface area contributed by atoms with Gasteiger partial charge in [0.1, 0.15) is 5.69 Å². The molecule has 0 bridgehead atoms. The van der Waals surface area contributed by atoms with E-state index >= 15 is 0 Å². The predicted molar refractivity (Wildman–Crippen MR) is 55.6 cm³/mol. The first kappa shape index (κ1) is 10.3. The van der Waals surface area contributed by atoms with Gasteiger partial charge in [0, 0.05) is 19.3 Å². The summed E-state index contributed by atoms with van der Waals surface area (Å²) >= 11 is 0. The van der Waals surface area contributed by atoms with Crippen molar-refractivity contribution in [3.63, 3.8) is 0 Å². The van der Waals surface area contributed by atoms with Crippen molar-refractivity contribution >= 4 is 5.78 Å². The van der Waals surface area contributed by atoms with Gasteiger partial charge in [0.05, 0.1) is 12.6 Å². The monoisotopic (exact) mass is 206 g/mol. The van der Waals surface area contributed by atoms with Gasteiger partial charge in [-0.1, -0.05) is 6.07 Å². The van der Waals surface area contributed by atoms with Gasteiger partial charge in [-0.2, -0.15) is 0 Å². The van der Waals surface area contributed by atoms with Crippen molar-refractivity contribution in [1.29, 1.82) is 0 Å². The van der Waals surface area contributed by atoms with E-state index in [0.29, 0.717) is 18.8 Å². The van der Waals surface area contributed by atoms with Gasteiger partial charge in [0.15, 0.2) is 5.78 Å². The Morgan fingerprint density at radius 2 is 2.47 bits per heavy atom. The summed E-state index contributed by atoms with van der Waals surface area (Å²) < 4.78 is 0. The summed E-state index contributed by atoms with van der Waals surface area (Å²) in [5.74, 6) is 0.0182. The first-order chi connectivity index (χ1) is 7.25. The van der Waals surface area contributed by atoms with Crippen molar-refractivity contribution in [1.82, 2.24) is 9.88 Å². The second-order valence-electron chi connectivity index (χ2n) is 3.82. The number of carbonyl (C=O) groups is 1. The molecule has 15 heavy (non-hydrogen) atoms. The van der Waals surface area contributed by atoms with E-state index in [0.717, 1.165) is 13.0 Å². The van der Waals surface area contributed by atoms with Crippen molar-refractivity contribution in [3.05, 3.63) is 30.1 Å². The fourth-order valence-corrected chi connectivity index (χ4v) is 1.77. The highest BCUT2D eigenvalue weighted by Crippen LogP contribution is 2.09. The molecule has 2 heterocycles. The van der Waals surface area contributed by atoms with Gasteiger partial charge in [0.25, 0.3) is 0 Å². The number of nitrogens with zero attached hydrogens (tertiary/aromatic N) is 2. The molecule has 0 aliphatic carbocycles. The van der Waals surface area contributed by atoms with Crippen LogP contribution >= 0.6 is 0 Å². The smallest absolute Gasteiger partial charge is 0.195 e. The third-order valence-electron chi connectivity index (χ3n) is 2.57. The molecule has 0 amide bonds. The Kier molecular flexibility index (Phi) is 3.08. The highest BCUT2D eigenvalue weighted by Gasteiger charge is 2.22. The van der Waals surface area contributed by atoms with Crippen LogP contribution < -0.4 is 0 Å². The molecule has 80 valence electrons. The molecule has 0 unspecified atom stereocenters. The molecule has 1 aromatic rings. The van der Waals surface area contributed by atoms with Crippen LogP contribution in [0.15, 0.2) is 24.4 Å². The van der Waals surface area contributed by atoms with Gasteiger partial charge >= 0.3 is 0 Å². The first-order valence-corrected chi connectivity index (χ1v) is 5.10. The normalized spacial score (nSPS) is 21.8. The molecule has 0 spiro atoms. The number of likely N-dealkylation sites (tertiary alicyclic amines) is 1. The van der Waals surface area contributed by atoms with E-state index in [1.807, 2.05) is 4.90 Å². The number of Topliss-reactive ketones (excluding diaryl/α,β-unsaturated/α-hetero) is 1. The van der Waals surface area contributed by atoms with Crippen LogP contribution in [-0.2, 0) is 0 Å².